The van der Waals surface area contributed by atoms with Gasteiger partial charge in [-0.2, -0.15) is 0 Å². The predicted octanol–water partition coefficient (Wildman–Crippen LogP) is 7.00. The summed E-state index contributed by atoms with van der Waals surface area (Å²) >= 11 is 0. The molecular weight excluding hydrogens is 486 g/mol. The van der Waals surface area contributed by atoms with Crippen molar-refractivity contribution >= 4 is 23.0 Å². The molecule has 0 saturated carbocycles. The second-order valence-corrected chi connectivity index (χ2v) is 9.66. The molecule has 6 heteroatoms. The highest BCUT2D eigenvalue weighted by molar-refractivity contribution is 5.95. The second-order valence-electron chi connectivity index (χ2n) is 9.66. The number of rotatable bonds is 14. The lowest BCUT2D eigenvalue weighted by molar-refractivity contribution is 0.0952. The molecule has 4 aromatic rings. The van der Waals surface area contributed by atoms with Crippen LogP contribution in [0.5, 0.6) is 11.5 Å². The van der Waals surface area contributed by atoms with Gasteiger partial charge in [-0.05, 0) is 74.6 Å². The number of imidazole rings is 1. The maximum atomic E-state index is 12.4. The Labute approximate surface area is 231 Å². The Morgan fingerprint density at radius 1 is 0.974 bits per heavy atom. The molecule has 1 aromatic heterocycles. The van der Waals surface area contributed by atoms with Gasteiger partial charge in [-0.3, -0.25) is 4.79 Å². The number of methoxy groups -OCH3 is 1. The quantitative estimate of drug-likeness (QED) is 0.180. The molecule has 0 saturated heterocycles. The molecule has 0 atom stereocenters. The van der Waals surface area contributed by atoms with Gasteiger partial charge in [0.05, 0.1) is 24.8 Å². The summed E-state index contributed by atoms with van der Waals surface area (Å²) in [5, 5.41) is 3.05. The SMILES string of the molecule is C/C=C/c1ccc(OCCCn2c(CCCCCNC(=O)c3ccccc3C)nc3ccccc32)c(OC)c1. The number of ether oxygens (including phenoxy) is 2. The van der Waals surface area contributed by atoms with Crippen LogP contribution in [0.1, 0.15) is 59.9 Å². The highest BCUT2D eigenvalue weighted by atomic mass is 16.5. The van der Waals surface area contributed by atoms with Crippen molar-refractivity contribution in [1.82, 2.24) is 14.9 Å². The maximum absolute atomic E-state index is 12.4. The molecule has 4 rings (SSSR count). The molecule has 1 heterocycles. The number of allylic oxidation sites excluding steroid dienone is 1. The van der Waals surface area contributed by atoms with Crippen LogP contribution in [0.4, 0.5) is 0 Å². The first kappa shape index (κ1) is 28.0. The third-order valence-corrected chi connectivity index (χ3v) is 6.82. The smallest absolute Gasteiger partial charge is 0.251 e. The highest BCUT2D eigenvalue weighted by Crippen LogP contribution is 2.29. The van der Waals surface area contributed by atoms with E-state index in [1.165, 1.54) is 0 Å². The average Bonchev–Trinajstić information content (AvgIpc) is 3.30. The molecule has 6 nitrogen and oxygen atoms in total. The van der Waals surface area contributed by atoms with Crippen molar-refractivity contribution in [2.45, 2.75) is 52.5 Å². The molecule has 0 bridgehead atoms. The van der Waals surface area contributed by atoms with Gasteiger partial charge < -0.3 is 19.4 Å². The topological polar surface area (TPSA) is 65.4 Å². The summed E-state index contributed by atoms with van der Waals surface area (Å²) in [5.41, 5.74) is 5.02. The van der Waals surface area contributed by atoms with Gasteiger partial charge in [0.15, 0.2) is 11.5 Å². The van der Waals surface area contributed by atoms with Crippen LogP contribution in [0, 0.1) is 6.92 Å². The summed E-state index contributed by atoms with van der Waals surface area (Å²) in [5.74, 6) is 2.61. The number of hydrogen-bond donors (Lipinski definition) is 1. The number of nitrogens with zero attached hydrogens (tertiary/aromatic N) is 2. The lowest BCUT2D eigenvalue weighted by Crippen LogP contribution is -2.25. The molecule has 39 heavy (non-hydrogen) atoms. The first-order valence-corrected chi connectivity index (χ1v) is 13.8. The molecule has 0 aliphatic carbocycles. The summed E-state index contributed by atoms with van der Waals surface area (Å²) in [4.78, 5) is 17.3. The van der Waals surface area contributed by atoms with E-state index in [1.807, 2.05) is 74.5 Å². The van der Waals surface area contributed by atoms with Crippen molar-refractivity contribution in [3.63, 3.8) is 0 Å². The number of benzene rings is 3. The fraction of sp³-hybridized carbons (Fsp3) is 0.333. The monoisotopic (exact) mass is 525 g/mol. The molecule has 0 radical (unpaired) electrons. The molecule has 0 spiro atoms. The number of amides is 1. The largest absolute Gasteiger partial charge is 0.493 e. The number of carbonyl (C=O) groups excluding carboxylic acids is 1. The molecule has 0 unspecified atom stereocenters. The zero-order valence-corrected chi connectivity index (χ0v) is 23.3. The van der Waals surface area contributed by atoms with Gasteiger partial charge in [0, 0.05) is 25.1 Å². The number of para-hydroxylation sites is 2. The third-order valence-electron chi connectivity index (χ3n) is 6.82. The van der Waals surface area contributed by atoms with Crippen molar-refractivity contribution in [3.8, 4) is 11.5 Å². The van der Waals surface area contributed by atoms with Gasteiger partial charge in [-0.15, -0.1) is 0 Å². The van der Waals surface area contributed by atoms with E-state index >= 15 is 0 Å². The number of fused-ring (bicyclic) bond motifs is 1. The minimum absolute atomic E-state index is 0.00321. The van der Waals surface area contributed by atoms with Crippen LogP contribution in [0.3, 0.4) is 0 Å². The van der Waals surface area contributed by atoms with Gasteiger partial charge >= 0.3 is 0 Å². The lowest BCUT2D eigenvalue weighted by atomic mass is 10.1. The van der Waals surface area contributed by atoms with Crippen molar-refractivity contribution in [2.24, 2.45) is 0 Å². The van der Waals surface area contributed by atoms with Crippen LogP contribution in [0.15, 0.2) is 72.8 Å². The van der Waals surface area contributed by atoms with Crippen LogP contribution in [-0.4, -0.2) is 35.7 Å². The first-order valence-electron chi connectivity index (χ1n) is 13.8. The number of carbonyl (C=O) groups is 1. The van der Waals surface area contributed by atoms with Gasteiger partial charge in [0.2, 0.25) is 0 Å². The molecule has 1 N–H and O–H groups in total. The summed E-state index contributed by atoms with van der Waals surface area (Å²) < 4.78 is 13.9. The minimum atomic E-state index is 0.00321. The van der Waals surface area contributed by atoms with E-state index in [1.54, 1.807) is 7.11 Å². The van der Waals surface area contributed by atoms with Crippen LogP contribution in [-0.2, 0) is 13.0 Å². The van der Waals surface area contributed by atoms with E-state index < -0.39 is 0 Å². The Kier molecular flexibility index (Phi) is 10.2. The Morgan fingerprint density at radius 3 is 2.62 bits per heavy atom. The highest BCUT2D eigenvalue weighted by Gasteiger charge is 2.11. The number of aromatic nitrogens is 2. The third kappa shape index (κ3) is 7.50. The van der Waals surface area contributed by atoms with Crippen LogP contribution >= 0.6 is 0 Å². The van der Waals surface area contributed by atoms with Gasteiger partial charge in [-0.1, -0.05) is 55.0 Å². The molecular formula is C33H39N3O3. The second kappa shape index (κ2) is 14.2. The zero-order chi connectivity index (χ0) is 27.5. The van der Waals surface area contributed by atoms with E-state index in [0.717, 1.165) is 83.7 Å². The van der Waals surface area contributed by atoms with Gasteiger partial charge in [-0.25, -0.2) is 4.98 Å². The first-order chi connectivity index (χ1) is 19.1. The number of aryl methyl sites for hydroxylation is 3. The Bertz CT molecular complexity index is 1410. The van der Waals surface area contributed by atoms with E-state index in [2.05, 4.69) is 28.1 Å². The average molecular weight is 526 g/mol. The Balaban J connectivity index is 1.27. The van der Waals surface area contributed by atoms with Crippen LogP contribution in [0.25, 0.3) is 17.1 Å². The zero-order valence-electron chi connectivity index (χ0n) is 23.3. The van der Waals surface area contributed by atoms with E-state index in [4.69, 9.17) is 14.5 Å². The van der Waals surface area contributed by atoms with Crippen LogP contribution in [0.2, 0.25) is 0 Å². The molecule has 0 aliphatic heterocycles. The predicted molar refractivity (Wildman–Crippen MR) is 159 cm³/mol. The van der Waals surface area contributed by atoms with Crippen molar-refractivity contribution in [2.75, 3.05) is 20.3 Å². The fourth-order valence-corrected chi connectivity index (χ4v) is 4.78. The summed E-state index contributed by atoms with van der Waals surface area (Å²) in [6.07, 6.45) is 8.81. The van der Waals surface area contributed by atoms with Gasteiger partial charge in [0.25, 0.3) is 5.91 Å². The Morgan fingerprint density at radius 2 is 1.79 bits per heavy atom. The standard InChI is InChI=1S/C33H39N3O3/c1-4-13-26-19-20-30(31(24-26)38-3)39-23-12-22-36-29-17-10-9-16-28(29)35-32(36)18-6-5-11-21-34-33(37)27-15-8-7-14-25(27)2/h4,7-10,13-17,19-20,24H,5-6,11-12,18,21-23H2,1-3H3,(H,34,37)/b13-4+. The van der Waals surface area contributed by atoms with Crippen molar-refractivity contribution < 1.29 is 14.3 Å². The number of nitrogens with one attached hydrogen (secondary N) is 1. The van der Waals surface area contributed by atoms with Crippen molar-refractivity contribution in [3.05, 3.63) is 95.3 Å². The number of unbranched alkanes of at least 4 members (excludes halogenated alkanes) is 2. The molecule has 204 valence electrons. The molecule has 0 fully saturated rings. The summed E-state index contributed by atoms with van der Waals surface area (Å²) in [6, 6.07) is 22.0. The molecule has 1 amide bonds. The normalized spacial score (nSPS) is 11.3. The van der Waals surface area contributed by atoms with Gasteiger partial charge in [0.1, 0.15) is 5.82 Å². The lowest BCUT2D eigenvalue weighted by Gasteiger charge is -2.13. The summed E-state index contributed by atoms with van der Waals surface area (Å²) in [7, 11) is 1.67. The summed E-state index contributed by atoms with van der Waals surface area (Å²) in [6.45, 7) is 6.07. The molecule has 3 aromatic carbocycles. The van der Waals surface area contributed by atoms with E-state index in [0.29, 0.717) is 13.2 Å². The number of hydrogen-bond acceptors (Lipinski definition) is 4. The minimum Gasteiger partial charge on any atom is -0.493 e. The van der Waals surface area contributed by atoms with Crippen LogP contribution < -0.4 is 14.8 Å². The maximum Gasteiger partial charge on any atom is 0.251 e. The fourth-order valence-electron chi connectivity index (χ4n) is 4.78. The van der Waals surface area contributed by atoms with E-state index in [-0.39, 0.29) is 5.91 Å². The van der Waals surface area contributed by atoms with E-state index in [9.17, 15) is 4.79 Å². The molecule has 0 aliphatic rings. The van der Waals surface area contributed by atoms with Crippen molar-refractivity contribution in [1.29, 1.82) is 0 Å². The Hall–Kier alpha value is -4.06.